The molecule has 11 rings (SSSR count). The molecule has 0 atom stereocenters. The van der Waals surface area contributed by atoms with Gasteiger partial charge in [-0.2, -0.15) is 0 Å². The summed E-state index contributed by atoms with van der Waals surface area (Å²) >= 11 is 0. The standard InChI is InChI=1S/C57H43NO/c1-5-16-44-36(2)55-54(56-53(44)48-31-27-39(34-52(48)59-56)37-17-8-6-9-18-37)50-35-43(30-32-51(50)57(55,3)4)58(41-20-10-7-11-21-41)42-28-25-38(26-29-42)49-33-40-19-12-13-22-45(40)46-23-14-15-24-47(46)49/h5-35H,1-4H3/b16-5-. The minimum atomic E-state index is -0.228. The van der Waals surface area contributed by atoms with Gasteiger partial charge in [0.15, 0.2) is 0 Å². The maximum atomic E-state index is 7.08. The van der Waals surface area contributed by atoms with Crippen LogP contribution in [0.1, 0.15) is 43.0 Å². The number of para-hydroxylation sites is 1. The summed E-state index contributed by atoms with van der Waals surface area (Å²) in [4.78, 5) is 2.39. The fraction of sp³-hybridized carbons (Fsp3) is 0.0877. The lowest BCUT2D eigenvalue weighted by molar-refractivity contribution is 0.649. The number of rotatable bonds is 6. The highest BCUT2D eigenvalue weighted by atomic mass is 16.3. The van der Waals surface area contributed by atoms with Gasteiger partial charge in [0, 0.05) is 38.8 Å². The van der Waals surface area contributed by atoms with E-state index in [1.165, 1.54) is 77.0 Å². The number of nitrogens with zero attached hydrogens (tertiary/aromatic N) is 1. The van der Waals surface area contributed by atoms with Crippen LogP contribution in [0.2, 0.25) is 0 Å². The maximum absolute atomic E-state index is 7.08. The Bertz CT molecular complexity index is 3300. The summed E-state index contributed by atoms with van der Waals surface area (Å²) in [5.74, 6) is 0. The number of hydrogen-bond acceptors (Lipinski definition) is 2. The van der Waals surface area contributed by atoms with Crippen LogP contribution < -0.4 is 4.90 Å². The van der Waals surface area contributed by atoms with Crippen LogP contribution in [-0.4, -0.2) is 0 Å². The predicted octanol–water partition coefficient (Wildman–Crippen LogP) is 16.3. The molecule has 0 amide bonds. The number of fused-ring (bicyclic) bond motifs is 10. The molecule has 282 valence electrons. The van der Waals surface area contributed by atoms with Crippen molar-refractivity contribution in [2.24, 2.45) is 0 Å². The monoisotopic (exact) mass is 757 g/mol. The Morgan fingerprint density at radius 3 is 1.93 bits per heavy atom. The highest BCUT2D eigenvalue weighted by Gasteiger charge is 2.41. The van der Waals surface area contributed by atoms with Crippen molar-refractivity contribution >= 4 is 66.6 Å². The lowest BCUT2D eigenvalue weighted by Gasteiger charge is -2.27. The molecule has 0 unspecified atom stereocenters. The van der Waals surface area contributed by atoms with Gasteiger partial charge < -0.3 is 9.32 Å². The average molecular weight is 758 g/mol. The molecule has 2 heteroatoms. The summed E-state index contributed by atoms with van der Waals surface area (Å²) in [6.45, 7) is 9.15. The second-order valence-corrected chi connectivity index (χ2v) is 16.4. The van der Waals surface area contributed by atoms with Crippen molar-refractivity contribution in [2.75, 3.05) is 4.90 Å². The Morgan fingerprint density at radius 1 is 0.525 bits per heavy atom. The Kier molecular flexibility index (Phi) is 8.00. The summed E-state index contributed by atoms with van der Waals surface area (Å²) in [5, 5.41) is 7.40. The largest absolute Gasteiger partial charge is 0.455 e. The van der Waals surface area contributed by atoms with E-state index in [-0.39, 0.29) is 5.41 Å². The molecule has 1 aliphatic rings. The summed E-state index contributed by atoms with van der Waals surface area (Å²) in [5.41, 5.74) is 17.4. The molecule has 0 saturated heterocycles. The van der Waals surface area contributed by atoms with Crippen LogP contribution in [0.15, 0.2) is 186 Å². The second kappa shape index (κ2) is 13.5. The van der Waals surface area contributed by atoms with Crippen molar-refractivity contribution in [3.05, 3.63) is 204 Å². The second-order valence-electron chi connectivity index (χ2n) is 16.4. The molecule has 0 aliphatic heterocycles. The first-order valence-electron chi connectivity index (χ1n) is 20.6. The molecule has 2 nitrogen and oxygen atoms in total. The predicted molar refractivity (Wildman–Crippen MR) is 251 cm³/mol. The van der Waals surface area contributed by atoms with E-state index in [2.05, 4.69) is 221 Å². The molecule has 59 heavy (non-hydrogen) atoms. The maximum Gasteiger partial charge on any atom is 0.144 e. The minimum absolute atomic E-state index is 0.228. The molecule has 0 fully saturated rings. The van der Waals surface area contributed by atoms with Crippen molar-refractivity contribution in [1.29, 1.82) is 0 Å². The van der Waals surface area contributed by atoms with Crippen LogP contribution in [0.5, 0.6) is 0 Å². The summed E-state index contributed by atoms with van der Waals surface area (Å²) in [6, 6.07) is 64.0. The molecule has 10 aromatic rings. The van der Waals surface area contributed by atoms with Gasteiger partial charge in [0.05, 0.1) is 0 Å². The third-order valence-electron chi connectivity index (χ3n) is 12.7. The van der Waals surface area contributed by atoms with E-state index in [4.69, 9.17) is 4.42 Å². The SMILES string of the molecule is C/C=C\c1c(C)c2c(c3oc4cc(-c5ccccc5)ccc4c13)-c1cc(N(c3ccccc3)c3ccc(-c4cc5ccccc5c5ccccc45)cc3)ccc1C2(C)C. The Labute approximate surface area is 345 Å². The van der Waals surface area contributed by atoms with Crippen molar-refractivity contribution in [1.82, 2.24) is 0 Å². The van der Waals surface area contributed by atoms with E-state index < -0.39 is 0 Å². The molecular formula is C57H43NO. The van der Waals surface area contributed by atoms with Crippen molar-refractivity contribution in [2.45, 2.75) is 33.1 Å². The number of benzene rings is 9. The molecule has 9 aromatic carbocycles. The van der Waals surface area contributed by atoms with Gasteiger partial charge in [0.2, 0.25) is 0 Å². The molecule has 1 aromatic heterocycles. The van der Waals surface area contributed by atoms with Crippen LogP contribution in [0.3, 0.4) is 0 Å². The van der Waals surface area contributed by atoms with Gasteiger partial charge in [-0.15, -0.1) is 0 Å². The van der Waals surface area contributed by atoms with Gasteiger partial charge in [0.1, 0.15) is 11.2 Å². The summed E-state index contributed by atoms with van der Waals surface area (Å²) in [7, 11) is 0. The Morgan fingerprint density at radius 2 is 1.17 bits per heavy atom. The van der Waals surface area contributed by atoms with Gasteiger partial charge in [-0.25, -0.2) is 0 Å². The van der Waals surface area contributed by atoms with Gasteiger partial charge in [0.25, 0.3) is 0 Å². The first-order chi connectivity index (χ1) is 28.9. The van der Waals surface area contributed by atoms with Crippen molar-refractivity contribution in [3.63, 3.8) is 0 Å². The van der Waals surface area contributed by atoms with Crippen LogP contribution >= 0.6 is 0 Å². The van der Waals surface area contributed by atoms with Crippen LogP contribution in [0.25, 0.3) is 82.9 Å². The summed E-state index contributed by atoms with van der Waals surface area (Å²) in [6.07, 6.45) is 4.42. The Hall–Kier alpha value is -7.16. The van der Waals surface area contributed by atoms with E-state index in [1.54, 1.807) is 0 Å². The van der Waals surface area contributed by atoms with Crippen LogP contribution in [-0.2, 0) is 5.41 Å². The zero-order valence-electron chi connectivity index (χ0n) is 33.8. The average Bonchev–Trinajstić information content (AvgIpc) is 3.77. The highest BCUT2D eigenvalue weighted by Crippen LogP contribution is 2.56. The molecule has 1 heterocycles. The lowest BCUT2D eigenvalue weighted by atomic mass is 9.78. The quantitative estimate of drug-likeness (QED) is 0.157. The first-order valence-corrected chi connectivity index (χ1v) is 20.6. The molecule has 0 bridgehead atoms. The minimum Gasteiger partial charge on any atom is -0.455 e. The van der Waals surface area contributed by atoms with E-state index in [0.717, 1.165) is 39.2 Å². The molecule has 0 radical (unpaired) electrons. The fourth-order valence-electron chi connectivity index (χ4n) is 10.1. The zero-order valence-corrected chi connectivity index (χ0v) is 33.8. The summed E-state index contributed by atoms with van der Waals surface area (Å²) < 4.78 is 7.08. The van der Waals surface area contributed by atoms with Crippen molar-refractivity contribution in [3.8, 4) is 33.4 Å². The zero-order chi connectivity index (χ0) is 39.8. The topological polar surface area (TPSA) is 16.4 Å². The molecule has 0 N–H and O–H groups in total. The normalized spacial score (nSPS) is 13.2. The van der Waals surface area contributed by atoms with E-state index >= 15 is 0 Å². The van der Waals surface area contributed by atoms with Gasteiger partial charge >= 0.3 is 0 Å². The molecular weight excluding hydrogens is 715 g/mol. The van der Waals surface area contributed by atoms with E-state index in [1.807, 2.05) is 0 Å². The molecule has 0 spiro atoms. The number of furan rings is 1. The lowest BCUT2D eigenvalue weighted by Crippen LogP contribution is -2.17. The van der Waals surface area contributed by atoms with Gasteiger partial charge in [-0.05, 0) is 140 Å². The third kappa shape index (κ3) is 5.40. The van der Waals surface area contributed by atoms with Crippen LogP contribution in [0.4, 0.5) is 17.1 Å². The number of anilines is 3. The van der Waals surface area contributed by atoms with Crippen LogP contribution in [0, 0.1) is 6.92 Å². The molecule has 1 aliphatic carbocycles. The Balaban J connectivity index is 1.09. The molecule has 0 saturated carbocycles. The fourth-order valence-corrected chi connectivity index (χ4v) is 10.1. The highest BCUT2D eigenvalue weighted by molar-refractivity contribution is 6.17. The van der Waals surface area contributed by atoms with Gasteiger partial charge in [-0.3, -0.25) is 0 Å². The van der Waals surface area contributed by atoms with E-state index in [0.29, 0.717) is 0 Å². The number of allylic oxidation sites excluding steroid dienone is 1. The smallest absolute Gasteiger partial charge is 0.144 e. The van der Waals surface area contributed by atoms with Gasteiger partial charge in [-0.1, -0.05) is 147 Å². The van der Waals surface area contributed by atoms with E-state index in [9.17, 15) is 0 Å². The number of hydrogen-bond donors (Lipinski definition) is 0. The van der Waals surface area contributed by atoms with Crippen molar-refractivity contribution < 1.29 is 4.42 Å². The third-order valence-corrected chi connectivity index (χ3v) is 12.7. The first kappa shape index (κ1) is 35.0.